The van der Waals surface area contributed by atoms with E-state index in [2.05, 4.69) is 60.6 Å². The lowest BCUT2D eigenvalue weighted by Gasteiger charge is -2.20. The second-order valence-electron chi connectivity index (χ2n) is 4.49. The van der Waals surface area contributed by atoms with E-state index in [4.69, 9.17) is 4.98 Å². The van der Waals surface area contributed by atoms with E-state index in [1.807, 2.05) is 0 Å². The lowest BCUT2D eigenvalue weighted by molar-refractivity contribution is 0.714. The van der Waals surface area contributed by atoms with Gasteiger partial charge in [0.05, 0.1) is 5.69 Å². The average Bonchev–Trinajstić information content (AvgIpc) is 2.86. The van der Waals surface area contributed by atoms with E-state index in [1.54, 1.807) is 11.3 Å². The minimum absolute atomic E-state index is 0.846. The van der Waals surface area contributed by atoms with Crippen molar-refractivity contribution in [2.24, 2.45) is 0 Å². The van der Waals surface area contributed by atoms with Gasteiger partial charge < -0.3 is 10.2 Å². The molecule has 102 valence electrons. The summed E-state index contributed by atoms with van der Waals surface area (Å²) in [6.07, 6.45) is 0. The molecule has 0 fully saturated rings. The molecule has 2 aromatic rings. The highest BCUT2D eigenvalue weighted by Crippen LogP contribution is 2.28. The minimum atomic E-state index is 0.846. The highest BCUT2D eigenvalue weighted by Gasteiger charge is 2.11. The number of rotatable bonds is 6. The van der Waals surface area contributed by atoms with E-state index in [0.29, 0.717) is 0 Å². The normalized spacial score (nSPS) is 10.7. The van der Waals surface area contributed by atoms with Crippen LogP contribution in [0.2, 0.25) is 0 Å². The number of thiazole rings is 1. The molecule has 0 saturated heterocycles. The van der Waals surface area contributed by atoms with Crippen LogP contribution >= 0.6 is 11.3 Å². The molecule has 2 rings (SSSR count). The van der Waals surface area contributed by atoms with Crippen LogP contribution < -0.4 is 10.2 Å². The van der Waals surface area contributed by atoms with Crippen LogP contribution in [-0.4, -0.2) is 18.1 Å². The van der Waals surface area contributed by atoms with E-state index in [0.717, 1.165) is 30.5 Å². The molecule has 0 atom stereocenters. The zero-order valence-corrected chi connectivity index (χ0v) is 12.6. The van der Waals surface area contributed by atoms with Gasteiger partial charge in [-0.25, -0.2) is 4.98 Å². The van der Waals surface area contributed by atoms with Gasteiger partial charge in [0.25, 0.3) is 0 Å². The van der Waals surface area contributed by atoms with Crippen molar-refractivity contribution in [2.45, 2.75) is 27.3 Å². The molecule has 19 heavy (non-hydrogen) atoms. The molecule has 1 aromatic heterocycles. The van der Waals surface area contributed by atoms with Crippen molar-refractivity contribution in [3.63, 3.8) is 0 Å². The molecule has 4 heteroatoms. The Kier molecular flexibility index (Phi) is 4.93. The van der Waals surface area contributed by atoms with Crippen molar-refractivity contribution < 1.29 is 0 Å². The Balaban J connectivity index is 2.19. The summed E-state index contributed by atoms with van der Waals surface area (Å²) in [6.45, 7) is 9.14. The maximum atomic E-state index is 4.71. The number of benzene rings is 1. The largest absolute Gasteiger partial charge is 0.318 e. The summed E-state index contributed by atoms with van der Waals surface area (Å²) in [6, 6.07) is 8.56. The van der Waals surface area contributed by atoms with Crippen LogP contribution in [0.25, 0.3) is 0 Å². The Morgan fingerprint density at radius 1 is 1.32 bits per heavy atom. The van der Waals surface area contributed by atoms with Crippen LogP contribution in [0.5, 0.6) is 0 Å². The molecule has 1 heterocycles. The monoisotopic (exact) mass is 275 g/mol. The third-order valence-corrected chi connectivity index (χ3v) is 3.87. The van der Waals surface area contributed by atoms with Crippen LogP contribution in [0.1, 0.15) is 25.1 Å². The lowest BCUT2D eigenvalue weighted by atomic mass is 10.2. The van der Waals surface area contributed by atoms with Crippen molar-refractivity contribution >= 4 is 22.2 Å². The molecule has 3 nitrogen and oxygen atoms in total. The fourth-order valence-electron chi connectivity index (χ4n) is 1.98. The predicted octanol–water partition coefficient (Wildman–Crippen LogP) is 3.72. The van der Waals surface area contributed by atoms with Gasteiger partial charge in [0, 0.05) is 24.2 Å². The Bertz CT molecular complexity index is 522. The molecule has 0 spiro atoms. The quantitative estimate of drug-likeness (QED) is 0.871. The van der Waals surface area contributed by atoms with Gasteiger partial charge in [-0.05, 0) is 38.1 Å². The van der Waals surface area contributed by atoms with Crippen molar-refractivity contribution in [3.05, 3.63) is 40.9 Å². The zero-order chi connectivity index (χ0) is 13.7. The zero-order valence-electron chi connectivity index (χ0n) is 11.8. The van der Waals surface area contributed by atoms with E-state index in [1.165, 1.54) is 11.3 Å². The number of aromatic nitrogens is 1. The topological polar surface area (TPSA) is 28.2 Å². The van der Waals surface area contributed by atoms with Crippen LogP contribution in [0.15, 0.2) is 29.6 Å². The first-order valence-electron chi connectivity index (χ1n) is 6.74. The van der Waals surface area contributed by atoms with E-state index in [-0.39, 0.29) is 0 Å². The van der Waals surface area contributed by atoms with Crippen LogP contribution in [0.3, 0.4) is 0 Å². The van der Waals surface area contributed by atoms with Gasteiger partial charge in [0.15, 0.2) is 5.13 Å². The van der Waals surface area contributed by atoms with Crippen LogP contribution in [-0.2, 0) is 6.54 Å². The molecular formula is C15H21N3S. The molecule has 1 N–H and O–H groups in total. The van der Waals surface area contributed by atoms with Crippen molar-refractivity contribution in [1.82, 2.24) is 10.3 Å². The standard InChI is InChI=1S/C15H21N3S/c1-4-16-10-13-11-19-15(17-13)18(5-2)14-8-6-7-12(3)9-14/h6-9,11,16H,4-5,10H2,1-3H3. The number of nitrogens with one attached hydrogen (secondary N) is 1. The van der Waals surface area contributed by atoms with Gasteiger partial charge in [-0.3, -0.25) is 0 Å². The highest BCUT2D eigenvalue weighted by atomic mass is 32.1. The average molecular weight is 275 g/mol. The lowest BCUT2D eigenvalue weighted by Crippen LogP contribution is -2.16. The molecule has 0 aliphatic carbocycles. The summed E-state index contributed by atoms with van der Waals surface area (Å²) in [5.74, 6) is 0. The third kappa shape index (κ3) is 3.55. The molecule has 0 aliphatic rings. The van der Waals surface area contributed by atoms with Crippen molar-refractivity contribution in [2.75, 3.05) is 18.0 Å². The molecule has 0 unspecified atom stereocenters. The van der Waals surface area contributed by atoms with E-state index in [9.17, 15) is 0 Å². The molecule has 0 radical (unpaired) electrons. The summed E-state index contributed by atoms with van der Waals surface area (Å²) >= 11 is 1.71. The van der Waals surface area contributed by atoms with Gasteiger partial charge in [-0.1, -0.05) is 19.1 Å². The summed E-state index contributed by atoms with van der Waals surface area (Å²) in [5, 5.41) is 6.52. The minimum Gasteiger partial charge on any atom is -0.318 e. The van der Waals surface area contributed by atoms with Gasteiger partial charge >= 0.3 is 0 Å². The summed E-state index contributed by atoms with van der Waals surface area (Å²) < 4.78 is 0. The van der Waals surface area contributed by atoms with Crippen LogP contribution in [0, 0.1) is 6.92 Å². The number of anilines is 2. The second-order valence-corrected chi connectivity index (χ2v) is 5.32. The first-order valence-corrected chi connectivity index (χ1v) is 7.62. The van der Waals surface area contributed by atoms with Crippen LogP contribution in [0.4, 0.5) is 10.8 Å². The van der Waals surface area contributed by atoms with Gasteiger partial charge in [0.1, 0.15) is 0 Å². The number of hydrogen-bond donors (Lipinski definition) is 1. The number of aryl methyl sites for hydroxylation is 1. The number of hydrogen-bond acceptors (Lipinski definition) is 4. The molecule has 0 amide bonds. The fraction of sp³-hybridized carbons (Fsp3) is 0.400. The maximum absolute atomic E-state index is 4.71. The van der Waals surface area contributed by atoms with Gasteiger partial charge in [0.2, 0.25) is 0 Å². The summed E-state index contributed by atoms with van der Waals surface area (Å²) in [7, 11) is 0. The highest BCUT2D eigenvalue weighted by molar-refractivity contribution is 7.13. The Hall–Kier alpha value is -1.39. The summed E-state index contributed by atoms with van der Waals surface area (Å²) in [4.78, 5) is 6.96. The van der Waals surface area contributed by atoms with Gasteiger partial charge in [-0.2, -0.15) is 0 Å². The predicted molar refractivity (Wildman–Crippen MR) is 83.4 cm³/mol. The molecule has 1 aromatic carbocycles. The van der Waals surface area contributed by atoms with E-state index >= 15 is 0 Å². The number of nitrogens with zero attached hydrogens (tertiary/aromatic N) is 2. The van der Waals surface area contributed by atoms with Crippen molar-refractivity contribution in [3.8, 4) is 0 Å². The molecule has 0 aliphatic heterocycles. The smallest absolute Gasteiger partial charge is 0.190 e. The Labute approximate surface area is 119 Å². The molecule has 0 saturated carbocycles. The van der Waals surface area contributed by atoms with Crippen molar-refractivity contribution in [1.29, 1.82) is 0 Å². The molecular weight excluding hydrogens is 254 g/mol. The van der Waals surface area contributed by atoms with E-state index < -0.39 is 0 Å². The Morgan fingerprint density at radius 3 is 2.84 bits per heavy atom. The Morgan fingerprint density at radius 2 is 2.16 bits per heavy atom. The fourth-order valence-corrected chi connectivity index (χ4v) is 2.89. The third-order valence-electron chi connectivity index (χ3n) is 2.96. The summed E-state index contributed by atoms with van der Waals surface area (Å²) in [5.41, 5.74) is 3.61. The molecule has 0 bridgehead atoms. The maximum Gasteiger partial charge on any atom is 0.190 e. The first kappa shape index (κ1) is 14.0. The van der Waals surface area contributed by atoms with Gasteiger partial charge in [-0.15, -0.1) is 11.3 Å². The second kappa shape index (κ2) is 6.68. The first-order chi connectivity index (χ1) is 9.24. The SMILES string of the molecule is CCNCc1csc(N(CC)c2cccc(C)c2)n1.